The highest BCUT2D eigenvalue weighted by molar-refractivity contribution is 5.81. The average molecular weight is 312 g/mol. The second kappa shape index (κ2) is 9.59. The molecule has 8 heteroatoms. The van der Waals surface area contributed by atoms with E-state index in [1.165, 1.54) is 0 Å². The standard InChI is InChI=1S/C13H23F3N2O3/c1-2-3-10(6-7-17)4-5-11(19)18(8-12(20)21)9-13(14,15)16/h10H,2-9,17H2,1H3,(H,20,21). The number of halogens is 3. The normalized spacial score (nSPS) is 13.0. The fraction of sp³-hybridized carbons (Fsp3) is 0.846. The van der Waals surface area contributed by atoms with Crippen molar-refractivity contribution in [1.82, 2.24) is 4.90 Å². The predicted octanol–water partition coefficient (Wildman–Crippen LogP) is 2.01. The number of nitrogens with two attached hydrogens (primary N) is 1. The second-order valence-corrected chi connectivity index (χ2v) is 5.03. The number of aliphatic carboxylic acids is 1. The molecular weight excluding hydrogens is 289 g/mol. The first-order valence-corrected chi connectivity index (χ1v) is 6.96. The van der Waals surface area contributed by atoms with Crippen molar-refractivity contribution in [2.45, 2.75) is 45.2 Å². The molecule has 1 atom stereocenters. The van der Waals surface area contributed by atoms with Crippen LogP contribution < -0.4 is 5.73 Å². The molecular formula is C13H23F3N2O3. The summed E-state index contributed by atoms with van der Waals surface area (Å²) in [6.45, 7) is -0.0346. The Balaban J connectivity index is 4.54. The monoisotopic (exact) mass is 312 g/mol. The Bertz CT molecular complexity index is 329. The van der Waals surface area contributed by atoms with E-state index in [0.29, 0.717) is 24.3 Å². The molecule has 5 nitrogen and oxygen atoms in total. The van der Waals surface area contributed by atoms with Crippen molar-refractivity contribution in [2.75, 3.05) is 19.6 Å². The second-order valence-electron chi connectivity index (χ2n) is 5.03. The highest BCUT2D eigenvalue weighted by Gasteiger charge is 2.33. The maximum Gasteiger partial charge on any atom is 0.406 e. The topological polar surface area (TPSA) is 83.6 Å². The lowest BCUT2D eigenvalue weighted by atomic mass is 9.94. The summed E-state index contributed by atoms with van der Waals surface area (Å²) in [5.41, 5.74) is 5.45. The maximum absolute atomic E-state index is 12.4. The predicted molar refractivity (Wildman–Crippen MR) is 71.6 cm³/mol. The van der Waals surface area contributed by atoms with Crippen LogP contribution in [0.3, 0.4) is 0 Å². The van der Waals surface area contributed by atoms with Crippen LogP contribution in [0.2, 0.25) is 0 Å². The molecule has 21 heavy (non-hydrogen) atoms. The summed E-state index contributed by atoms with van der Waals surface area (Å²) < 4.78 is 37.1. The lowest BCUT2D eigenvalue weighted by molar-refractivity contribution is -0.165. The summed E-state index contributed by atoms with van der Waals surface area (Å²) in [6, 6.07) is 0. The number of amides is 1. The van der Waals surface area contributed by atoms with Crippen molar-refractivity contribution < 1.29 is 27.9 Å². The van der Waals surface area contributed by atoms with Crippen LogP contribution in [-0.2, 0) is 9.59 Å². The van der Waals surface area contributed by atoms with Crippen LogP contribution in [-0.4, -0.2) is 47.7 Å². The van der Waals surface area contributed by atoms with Crippen LogP contribution in [0.25, 0.3) is 0 Å². The highest BCUT2D eigenvalue weighted by atomic mass is 19.4. The van der Waals surface area contributed by atoms with Crippen LogP contribution in [0.5, 0.6) is 0 Å². The van der Waals surface area contributed by atoms with Crippen molar-refractivity contribution in [3.05, 3.63) is 0 Å². The van der Waals surface area contributed by atoms with E-state index in [0.717, 1.165) is 12.8 Å². The molecule has 0 saturated heterocycles. The third kappa shape index (κ3) is 10.1. The van der Waals surface area contributed by atoms with E-state index in [9.17, 15) is 22.8 Å². The number of carboxylic acid groups (broad SMARTS) is 1. The third-order valence-corrected chi connectivity index (χ3v) is 3.09. The van der Waals surface area contributed by atoms with Crippen LogP contribution in [0, 0.1) is 5.92 Å². The van der Waals surface area contributed by atoms with Crippen LogP contribution in [0.4, 0.5) is 13.2 Å². The highest BCUT2D eigenvalue weighted by Crippen LogP contribution is 2.20. The molecule has 0 aliphatic carbocycles. The fourth-order valence-corrected chi connectivity index (χ4v) is 2.17. The van der Waals surface area contributed by atoms with Gasteiger partial charge in [-0.05, 0) is 25.3 Å². The third-order valence-electron chi connectivity index (χ3n) is 3.09. The molecule has 1 amide bonds. The minimum atomic E-state index is -4.61. The Morgan fingerprint density at radius 2 is 1.86 bits per heavy atom. The van der Waals surface area contributed by atoms with Gasteiger partial charge in [-0.3, -0.25) is 9.59 Å². The molecule has 0 aliphatic rings. The van der Waals surface area contributed by atoms with Crippen LogP contribution in [0.15, 0.2) is 0 Å². The number of hydrogen-bond acceptors (Lipinski definition) is 3. The van der Waals surface area contributed by atoms with Gasteiger partial charge in [0.25, 0.3) is 0 Å². The zero-order chi connectivity index (χ0) is 16.5. The fourth-order valence-electron chi connectivity index (χ4n) is 2.17. The zero-order valence-corrected chi connectivity index (χ0v) is 12.2. The van der Waals surface area contributed by atoms with Crippen LogP contribution in [0.1, 0.15) is 39.0 Å². The summed E-state index contributed by atoms with van der Waals surface area (Å²) in [5, 5.41) is 8.60. The van der Waals surface area contributed by atoms with Gasteiger partial charge in [0.15, 0.2) is 0 Å². The quantitative estimate of drug-likeness (QED) is 0.646. The molecule has 3 N–H and O–H groups in total. The van der Waals surface area contributed by atoms with Gasteiger partial charge < -0.3 is 15.7 Å². The number of carbonyl (C=O) groups excluding carboxylic acids is 1. The van der Waals surface area contributed by atoms with Crippen molar-refractivity contribution >= 4 is 11.9 Å². The van der Waals surface area contributed by atoms with Gasteiger partial charge in [0.2, 0.25) is 5.91 Å². The van der Waals surface area contributed by atoms with Crippen molar-refractivity contribution in [1.29, 1.82) is 0 Å². The van der Waals surface area contributed by atoms with E-state index < -0.39 is 31.1 Å². The van der Waals surface area contributed by atoms with Gasteiger partial charge in [-0.2, -0.15) is 13.2 Å². The number of alkyl halides is 3. The lowest BCUT2D eigenvalue weighted by Crippen LogP contribution is -2.42. The molecule has 0 spiro atoms. The summed E-state index contributed by atoms with van der Waals surface area (Å²) in [4.78, 5) is 22.7. The van der Waals surface area contributed by atoms with Crippen molar-refractivity contribution in [3.63, 3.8) is 0 Å². The largest absolute Gasteiger partial charge is 0.480 e. The molecule has 0 fully saturated rings. The number of rotatable bonds is 10. The molecule has 124 valence electrons. The first kappa shape index (κ1) is 19.7. The Morgan fingerprint density at radius 3 is 2.29 bits per heavy atom. The summed E-state index contributed by atoms with van der Waals surface area (Å²) >= 11 is 0. The van der Waals surface area contributed by atoms with E-state index in [1.807, 2.05) is 6.92 Å². The Hall–Kier alpha value is -1.31. The molecule has 0 aromatic rings. The zero-order valence-electron chi connectivity index (χ0n) is 12.2. The molecule has 0 bridgehead atoms. The van der Waals surface area contributed by atoms with Crippen molar-refractivity contribution in [3.8, 4) is 0 Å². The molecule has 0 rings (SSSR count). The number of carboxylic acids is 1. The number of carbonyl (C=O) groups is 2. The van der Waals surface area contributed by atoms with Gasteiger partial charge in [0.05, 0.1) is 0 Å². The number of hydrogen-bond donors (Lipinski definition) is 2. The Labute approximate surface area is 122 Å². The SMILES string of the molecule is CCCC(CCN)CCC(=O)N(CC(=O)O)CC(F)(F)F. The van der Waals surface area contributed by atoms with Gasteiger partial charge in [0, 0.05) is 6.42 Å². The molecule has 1 unspecified atom stereocenters. The molecule has 0 saturated carbocycles. The van der Waals surface area contributed by atoms with E-state index >= 15 is 0 Å². The minimum absolute atomic E-state index is 0.0893. The van der Waals surface area contributed by atoms with E-state index in [2.05, 4.69) is 0 Å². The van der Waals surface area contributed by atoms with Gasteiger partial charge in [0.1, 0.15) is 13.1 Å². The van der Waals surface area contributed by atoms with Crippen LogP contribution >= 0.6 is 0 Å². The molecule has 0 aromatic heterocycles. The Kier molecular flexibility index (Phi) is 9.00. The van der Waals surface area contributed by atoms with Gasteiger partial charge in [-0.25, -0.2) is 0 Å². The average Bonchev–Trinajstić information content (AvgIpc) is 2.33. The smallest absolute Gasteiger partial charge is 0.406 e. The summed E-state index contributed by atoms with van der Waals surface area (Å²) in [6.07, 6.45) is -1.81. The number of nitrogens with zero attached hydrogens (tertiary/aromatic N) is 1. The Morgan fingerprint density at radius 1 is 1.24 bits per heavy atom. The van der Waals surface area contributed by atoms with Crippen molar-refractivity contribution in [2.24, 2.45) is 11.7 Å². The molecule has 0 heterocycles. The first-order valence-electron chi connectivity index (χ1n) is 6.96. The summed E-state index contributed by atoms with van der Waals surface area (Å²) in [5.74, 6) is -2.06. The summed E-state index contributed by atoms with van der Waals surface area (Å²) in [7, 11) is 0. The van der Waals surface area contributed by atoms with Gasteiger partial charge in [-0.15, -0.1) is 0 Å². The maximum atomic E-state index is 12.4. The van der Waals surface area contributed by atoms with E-state index in [4.69, 9.17) is 10.8 Å². The van der Waals surface area contributed by atoms with Gasteiger partial charge >= 0.3 is 12.1 Å². The van der Waals surface area contributed by atoms with E-state index in [1.54, 1.807) is 0 Å². The lowest BCUT2D eigenvalue weighted by Gasteiger charge is -2.23. The molecule has 0 radical (unpaired) electrons. The van der Waals surface area contributed by atoms with Gasteiger partial charge in [-0.1, -0.05) is 19.8 Å². The molecule has 0 aliphatic heterocycles. The molecule has 0 aromatic carbocycles. The van der Waals surface area contributed by atoms with E-state index in [-0.39, 0.29) is 12.3 Å². The minimum Gasteiger partial charge on any atom is -0.480 e. The first-order chi connectivity index (χ1) is 9.69.